The molecule has 3 N–H and O–H groups in total. The summed E-state index contributed by atoms with van der Waals surface area (Å²) in [5.41, 5.74) is 6.74. The van der Waals surface area contributed by atoms with Crippen LogP contribution < -0.4 is 26.4 Å². The summed E-state index contributed by atoms with van der Waals surface area (Å²) in [6.45, 7) is 7.72. The summed E-state index contributed by atoms with van der Waals surface area (Å²) in [6, 6.07) is 17.6. The Morgan fingerprint density at radius 2 is 1.85 bits per heavy atom. The molecule has 3 aliphatic rings. The molecule has 0 aliphatic carbocycles. The van der Waals surface area contributed by atoms with Crippen molar-refractivity contribution in [3.05, 3.63) is 87.3 Å². The van der Waals surface area contributed by atoms with Gasteiger partial charge in [0.05, 0.1) is 17.5 Å². The first kappa shape index (κ1) is 27.5. The molecule has 3 atom stereocenters. The molecule has 1 aromatic heterocycles. The molecule has 2 bridgehead atoms. The number of carbonyl (C=O) groups excluding carboxylic acids is 1. The number of amides is 1. The number of fused-ring (bicyclic) bond motifs is 4. The second-order valence-corrected chi connectivity index (χ2v) is 12.0. The van der Waals surface area contributed by atoms with E-state index in [2.05, 4.69) is 59.0 Å². The Labute approximate surface area is 246 Å². The van der Waals surface area contributed by atoms with Crippen LogP contribution in [-0.4, -0.2) is 47.9 Å². The Hall–Kier alpha value is -3.69. The standard InChI is InChI=1S/C32H37N5O3S/c1-20-11-21(2)13-25(12-20)34-32(41)35-27-15-23(31(39)33-16-26-5-4-10-40-26)8-9-29(27)36-17-22-14-24(19-36)28-6-3-7-30(38)37(28)18-22/h3,6-9,11-13,15,22,24,26H,4-5,10,14,16-19H2,1-2H3,(H,33,39)(H2,34,35,41)/t22-,24+,26+/m1/s1. The topological polar surface area (TPSA) is 87.6 Å². The van der Waals surface area contributed by atoms with E-state index in [-0.39, 0.29) is 23.5 Å². The number of aryl methyl sites for hydroxylation is 2. The van der Waals surface area contributed by atoms with Gasteiger partial charge in [0.2, 0.25) is 0 Å². The second-order valence-electron chi connectivity index (χ2n) is 11.6. The zero-order valence-corrected chi connectivity index (χ0v) is 24.4. The van der Waals surface area contributed by atoms with E-state index in [1.54, 1.807) is 6.07 Å². The lowest BCUT2D eigenvalue weighted by Crippen LogP contribution is -2.47. The number of piperidine rings is 1. The maximum atomic E-state index is 13.1. The molecule has 3 aliphatic heterocycles. The molecule has 1 amide bonds. The highest BCUT2D eigenvalue weighted by Gasteiger charge is 2.35. The average molecular weight is 572 g/mol. The SMILES string of the molecule is Cc1cc(C)cc(NC(=S)Nc2cc(C(=O)NC[C@@H]3CCCO3)ccc2N2C[C@H]3C[C@@H](C2)c2cccc(=O)n2C3)c1. The van der Waals surface area contributed by atoms with Gasteiger partial charge in [-0.1, -0.05) is 12.1 Å². The van der Waals surface area contributed by atoms with E-state index in [4.69, 9.17) is 17.0 Å². The molecule has 0 radical (unpaired) electrons. The van der Waals surface area contributed by atoms with Crippen molar-refractivity contribution in [2.75, 3.05) is 41.8 Å². The van der Waals surface area contributed by atoms with Gasteiger partial charge in [0, 0.05) is 61.7 Å². The molecule has 0 unspecified atom stereocenters. The number of hydrogen-bond donors (Lipinski definition) is 3. The van der Waals surface area contributed by atoms with Gasteiger partial charge in [-0.15, -0.1) is 0 Å². The lowest BCUT2D eigenvalue weighted by Gasteiger charge is -2.44. The monoisotopic (exact) mass is 571 g/mol. The van der Waals surface area contributed by atoms with Gasteiger partial charge in [-0.25, -0.2) is 0 Å². The van der Waals surface area contributed by atoms with Crippen molar-refractivity contribution in [2.45, 2.75) is 51.7 Å². The van der Waals surface area contributed by atoms with Gasteiger partial charge < -0.3 is 30.2 Å². The van der Waals surface area contributed by atoms with Crippen LogP contribution in [0.4, 0.5) is 17.1 Å². The Morgan fingerprint density at radius 3 is 2.63 bits per heavy atom. The molecule has 6 rings (SSSR count). The van der Waals surface area contributed by atoms with Crippen molar-refractivity contribution in [3.63, 3.8) is 0 Å². The number of aromatic nitrogens is 1. The van der Waals surface area contributed by atoms with Crippen LogP contribution in [0.15, 0.2) is 59.4 Å². The minimum atomic E-state index is -0.132. The normalized spacial score (nSPS) is 21.2. The maximum absolute atomic E-state index is 13.1. The first-order valence-corrected chi connectivity index (χ1v) is 14.9. The molecule has 214 valence electrons. The van der Waals surface area contributed by atoms with Gasteiger partial charge in [-0.2, -0.15) is 0 Å². The number of thiocarbonyl (C=S) groups is 1. The first-order chi connectivity index (χ1) is 19.8. The lowest BCUT2D eigenvalue weighted by atomic mass is 9.83. The molecule has 0 saturated carbocycles. The van der Waals surface area contributed by atoms with E-state index in [9.17, 15) is 9.59 Å². The Balaban J connectivity index is 1.26. The highest BCUT2D eigenvalue weighted by molar-refractivity contribution is 7.80. The molecule has 0 spiro atoms. The maximum Gasteiger partial charge on any atom is 0.251 e. The summed E-state index contributed by atoms with van der Waals surface area (Å²) in [6.07, 6.45) is 3.15. The molecular weight excluding hydrogens is 534 g/mol. The number of hydrogen-bond acceptors (Lipinski definition) is 5. The van der Waals surface area contributed by atoms with Gasteiger partial charge in [-0.3, -0.25) is 9.59 Å². The van der Waals surface area contributed by atoms with Crippen LogP contribution in [0.3, 0.4) is 0 Å². The lowest BCUT2D eigenvalue weighted by molar-refractivity contribution is 0.0858. The first-order valence-electron chi connectivity index (χ1n) is 14.5. The highest BCUT2D eigenvalue weighted by atomic mass is 32.1. The number of ether oxygens (including phenoxy) is 1. The van der Waals surface area contributed by atoms with Crippen LogP contribution >= 0.6 is 12.2 Å². The fourth-order valence-electron chi connectivity index (χ4n) is 6.59. The Bertz CT molecular complexity index is 1510. The third kappa shape index (κ3) is 6.16. The van der Waals surface area contributed by atoms with Gasteiger partial charge in [0.25, 0.3) is 11.5 Å². The van der Waals surface area contributed by atoms with E-state index in [0.29, 0.717) is 23.1 Å². The van der Waals surface area contributed by atoms with Gasteiger partial charge in [-0.05, 0) is 98.8 Å². The van der Waals surface area contributed by atoms with E-state index in [0.717, 1.165) is 79.4 Å². The fraction of sp³-hybridized carbons (Fsp3) is 0.406. The van der Waals surface area contributed by atoms with Crippen LogP contribution in [0.25, 0.3) is 0 Å². The van der Waals surface area contributed by atoms with Crippen molar-refractivity contribution in [2.24, 2.45) is 5.92 Å². The summed E-state index contributed by atoms with van der Waals surface area (Å²) < 4.78 is 7.62. The zero-order chi connectivity index (χ0) is 28.5. The van der Waals surface area contributed by atoms with Crippen molar-refractivity contribution in [1.29, 1.82) is 0 Å². The van der Waals surface area contributed by atoms with Crippen LogP contribution in [0.1, 0.15) is 52.4 Å². The molecule has 2 fully saturated rings. The predicted molar refractivity (Wildman–Crippen MR) is 167 cm³/mol. The van der Waals surface area contributed by atoms with E-state index < -0.39 is 0 Å². The summed E-state index contributed by atoms with van der Waals surface area (Å²) in [5.74, 6) is 0.495. The summed E-state index contributed by atoms with van der Waals surface area (Å²) in [4.78, 5) is 28.0. The van der Waals surface area contributed by atoms with Gasteiger partial charge >= 0.3 is 0 Å². The van der Waals surface area contributed by atoms with Crippen LogP contribution in [0.5, 0.6) is 0 Å². The number of anilines is 3. The summed E-state index contributed by atoms with van der Waals surface area (Å²) in [5, 5.41) is 10.2. The molecule has 9 heteroatoms. The molecular formula is C32H37N5O3S. The molecule has 2 aromatic carbocycles. The number of rotatable bonds is 6. The smallest absolute Gasteiger partial charge is 0.251 e. The molecule has 2 saturated heterocycles. The van der Waals surface area contributed by atoms with Crippen LogP contribution in [0.2, 0.25) is 0 Å². The van der Waals surface area contributed by atoms with E-state index >= 15 is 0 Å². The fourth-order valence-corrected chi connectivity index (χ4v) is 6.82. The predicted octanol–water partition coefficient (Wildman–Crippen LogP) is 4.81. The summed E-state index contributed by atoms with van der Waals surface area (Å²) in [7, 11) is 0. The van der Waals surface area contributed by atoms with Crippen molar-refractivity contribution in [1.82, 2.24) is 9.88 Å². The minimum absolute atomic E-state index is 0.0773. The van der Waals surface area contributed by atoms with Gasteiger partial charge in [0.15, 0.2) is 5.11 Å². The second kappa shape index (κ2) is 11.7. The number of pyridine rings is 1. The summed E-state index contributed by atoms with van der Waals surface area (Å²) >= 11 is 5.75. The largest absolute Gasteiger partial charge is 0.376 e. The van der Waals surface area contributed by atoms with E-state index in [1.165, 1.54) is 0 Å². The van der Waals surface area contributed by atoms with Crippen molar-refractivity contribution in [3.8, 4) is 0 Å². The third-order valence-corrected chi connectivity index (χ3v) is 8.53. The number of nitrogens with zero attached hydrogens (tertiary/aromatic N) is 2. The minimum Gasteiger partial charge on any atom is -0.376 e. The van der Waals surface area contributed by atoms with E-state index in [1.807, 2.05) is 28.8 Å². The molecule has 4 heterocycles. The number of carbonyl (C=O) groups is 1. The third-order valence-electron chi connectivity index (χ3n) is 8.32. The average Bonchev–Trinajstić information content (AvgIpc) is 3.45. The molecule has 3 aromatic rings. The Morgan fingerprint density at radius 1 is 1.02 bits per heavy atom. The number of benzene rings is 2. The molecule has 41 heavy (non-hydrogen) atoms. The van der Waals surface area contributed by atoms with Gasteiger partial charge in [0.1, 0.15) is 0 Å². The van der Waals surface area contributed by atoms with Crippen LogP contribution in [0, 0.1) is 19.8 Å². The van der Waals surface area contributed by atoms with Crippen molar-refractivity contribution >= 4 is 40.3 Å². The zero-order valence-electron chi connectivity index (χ0n) is 23.6. The Kier molecular flexibility index (Phi) is 7.81. The number of nitrogens with one attached hydrogen (secondary N) is 3. The van der Waals surface area contributed by atoms with Crippen LogP contribution in [-0.2, 0) is 11.3 Å². The van der Waals surface area contributed by atoms with Crippen molar-refractivity contribution < 1.29 is 9.53 Å². The molecule has 8 nitrogen and oxygen atoms in total. The quantitative estimate of drug-likeness (QED) is 0.366. The highest BCUT2D eigenvalue weighted by Crippen LogP contribution is 2.39.